The highest BCUT2D eigenvalue weighted by molar-refractivity contribution is 6.02. The number of hydrogen-bond acceptors (Lipinski definition) is 6. The van der Waals surface area contributed by atoms with Crippen LogP contribution in [-0.2, 0) is 5.54 Å². The average Bonchev–Trinajstić information content (AvgIpc) is 3.37. The number of hydrogen-bond donors (Lipinski definition) is 4. The largest absolute Gasteiger partial charge is 0.396 e. The highest BCUT2D eigenvalue weighted by Gasteiger charge is 2.72. The van der Waals surface area contributed by atoms with E-state index in [1.54, 1.807) is 0 Å². The molecule has 2 unspecified atom stereocenters. The van der Waals surface area contributed by atoms with Crippen molar-refractivity contribution in [3.8, 4) is 11.1 Å². The smallest absolute Gasteiger partial charge is 0.146 e. The fourth-order valence-electron chi connectivity index (χ4n) is 5.55. The number of nitrogens with zero attached hydrogens (tertiary/aromatic N) is 3. The molecule has 7 nitrogen and oxygen atoms in total. The van der Waals surface area contributed by atoms with E-state index in [1.807, 2.05) is 71.4 Å². The van der Waals surface area contributed by atoms with Crippen molar-refractivity contribution in [1.82, 2.24) is 14.5 Å². The lowest BCUT2D eigenvalue weighted by molar-refractivity contribution is -0.0271. The van der Waals surface area contributed by atoms with E-state index in [-0.39, 0.29) is 18.4 Å². The van der Waals surface area contributed by atoms with Crippen LogP contribution in [0.5, 0.6) is 0 Å². The van der Waals surface area contributed by atoms with Crippen molar-refractivity contribution in [3.63, 3.8) is 0 Å². The summed E-state index contributed by atoms with van der Waals surface area (Å²) in [5.41, 5.74) is 2.91. The number of aromatic nitrogens is 3. The first-order valence-electron chi connectivity index (χ1n) is 10.9. The summed E-state index contributed by atoms with van der Waals surface area (Å²) in [6.45, 7) is -0.148. The van der Waals surface area contributed by atoms with Crippen LogP contribution in [0, 0.1) is 11.8 Å². The molecule has 5 atom stereocenters. The molecule has 2 aromatic heterocycles. The Morgan fingerprint density at radius 1 is 1.00 bits per heavy atom. The van der Waals surface area contributed by atoms with Gasteiger partial charge in [0.15, 0.2) is 0 Å². The third-order valence-electron chi connectivity index (χ3n) is 7.18. The van der Waals surface area contributed by atoms with Gasteiger partial charge in [0.2, 0.25) is 0 Å². The first-order valence-corrected chi connectivity index (χ1v) is 10.9. The number of fused-ring (bicyclic) bond motifs is 2. The topological polar surface area (TPSA) is 103 Å². The molecular formula is C25H24N4O3. The zero-order chi connectivity index (χ0) is 21.9. The highest BCUT2D eigenvalue weighted by atomic mass is 16.3. The molecule has 0 aliphatic heterocycles. The molecular weight excluding hydrogens is 404 g/mol. The molecule has 0 radical (unpaired) electrons. The van der Waals surface area contributed by atoms with Gasteiger partial charge in [-0.25, -0.2) is 9.97 Å². The molecule has 6 rings (SSSR count). The van der Waals surface area contributed by atoms with Crippen molar-refractivity contribution in [1.29, 1.82) is 0 Å². The Bertz CT molecular complexity index is 1280. The average molecular weight is 428 g/mol. The molecule has 4 N–H and O–H groups in total. The van der Waals surface area contributed by atoms with E-state index in [1.165, 1.54) is 6.33 Å². The third-order valence-corrected chi connectivity index (χ3v) is 7.18. The maximum absolute atomic E-state index is 11.0. The second-order valence-electron chi connectivity index (χ2n) is 8.77. The molecule has 2 heterocycles. The second-order valence-corrected chi connectivity index (χ2v) is 8.77. The number of benzene rings is 2. The lowest BCUT2D eigenvalue weighted by Gasteiger charge is -2.24. The Hall–Kier alpha value is -3.26. The summed E-state index contributed by atoms with van der Waals surface area (Å²) in [4.78, 5) is 9.16. The Kier molecular flexibility index (Phi) is 4.33. The summed E-state index contributed by atoms with van der Waals surface area (Å²) in [6.07, 6.45) is 2.30. The van der Waals surface area contributed by atoms with Crippen LogP contribution in [0.2, 0.25) is 0 Å². The maximum atomic E-state index is 11.0. The Morgan fingerprint density at radius 2 is 1.72 bits per heavy atom. The van der Waals surface area contributed by atoms with Gasteiger partial charge in [0.1, 0.15) is 23.9 Å². The zero-order valence-electron chi connectivity index (χ0n) is 17.3. The van der Waals surface area contributed by atoms with Crippen molar-refractivity contribution < 1.29 is 15.3 Å². The molecule has 2 aliphatic rings. The van der Waals surface area contributed by atoms with Crippen LogP contribution < -0.4 is 5.32 Å². The molecule has 2 saturated carbocycles. The van der Waals surface area contributed by atoms with Crippen molar-refractivity contribution in [2.45, 2.75) is 24.2 Å². The van der Waals surface area contributed by atoms with E-state index in [0.29, 0.717) is 17.9 Å². The van der Waals surface area contributed by atoms with Crippen molar-refractivity contribution >= 4 is 22.5 Å². The van der Waals surface area contributed by atoms with Gasteiger partial charge in [-0.15, -0.1) is 0 Å². The minimum atomic E-state index is -0.968. The minimum Gasteiger partial charge on any atom is -0.396 e. The first-order chi connectivity index (χ1) is 15.6. The van der Waals surface area contributed by atoms with E-state index in [0.717, 1.165) is 22.2 Å². The van der Waals surface area contributed by atoms with E-state index in [2.05, 4.69) is 15.3 Å². The lowest BCUT2D eigenvalue weighted by atomic mass is 10.0. The van der Waals surface area contributed by atoms with E-state index in [4.69, 9.17) is 0 Å². The molecule has 2 fully saturated rings. The Labute approximate surface area is 185 Å². The van der Waals surface area contributed by atoms with Gasteiger partial charge in [-0.1, -0.05) is 48.5 Å². The predicted molar refractivity (Wildman–Crippen MR) is 121 cm³/mol. The van der Waals surface area contributed by atoms with Gasteiger partial charge in [-0.2, -0.15) is 0 Å². The molecule has 2 aliphatic carbocycles. The van der Waals surface area contributed by atoms with Gasteiger partial charge in [0.05, 0.1) is 17.0 Å². The quantitative estimate of drug-likeness (QED) is 0.390. The molecule has 0 spiro atoms. The number of aliphatic hydroxyl groups is 3. The standard InChI is InChI=1S/C25H24N4O3/c30-13-18-19-11-25(19,22(32)21(18)31)29-12-17(15-7-3-1-4-8-15)20-23(26-14-27-24(20)29)28-16-9-5-2-6-10-16/h1-10,12,14,18-19,21-22,30-32H,11,13H2,(H,26,27,28)/t18-,19-,21?,22?,25+/m0/s1. The summed E-state index contributed by atoms with van der Waals surface area (Å²) in [6, 6.07) is 19.9. The number of para-hydroxylation sites is 1. The lowest BCUT2D eigenvalue weighted by Crippen LogP contribution is -2.38. The molecule has 4 aromatic rings. The predicted octanol–water partition coefficient (Wildman–Crippen LogP) is 2.90. The van der Waals surface area contributed by atoms with Gasteiger partial charge < -0.3 is 25.2 Å². The van der Waals surface area contributed by atoms with Crippen LogP contribution in [0.4, 0.5) is 11.5 Å². The molecule has 0 amide bonds. The van der Waals surface area contributed by atoms with Crippen LogP contribution in [-0.4, -0.2) is 48.7 Å². The van der Waals surface area contributed by atoms with Crippen molar-refractivity contribution in [3.05, 3.63) is 73.2 Å². The van der Waals surface area contributed by atoms with Crippen molar-refractivity contribution in [2.24, 2.45) is 11.8 Å². The molecule has 7 heteroatoms. The first kappa shape index (κ1) is 19.4. The van der Waals surface area contributed by atoms with Crippen LogP contribution in [0.1, 0.15) is 6.42 Å². The van der Waals surface area contributed by atoms with E-state index in [9.17, 15) is 15.3 Å². The van der Waals surface area contributed by atoms with Crippen molar-refractivity contribution in [2.75, 3.05) is 11.9 Å². The minimum absolute atomic E-state index is 0.00257. The van der Waals surface area contributed by atoms with Gasteiger partial charge >= 0.3 is 0 Å². The molecule has 2 aromatic carbocycles. The van der Waals surface area contributed by atoms with Crippen LogP contribution in [0.25, 0.3) is 22.2 Å². The number of aliphatic hydroxyl groups excluding tert-OH is 3. The second kappa shape index (κ2) is 7.13. The Morgan fingerprint density at radius 3 is 2.41 bits per heavy atom. The number of nitrogens with one attached hydrogen (secondary N) is 1. The summed E-state index contributed by atoms with van der Waals surface area (Å²) in [5, 5.41) is 35.6. The van der Waals surface area contributed by atoms with Gasteiger partial charge in [0, 0.05) is 30.0 Å². The van der Waals surface area contributed by atoms with Crippen LogP contribution >= 0.6 is 0 Å². The molecule has 32 heavy (non-hydrogen) atoms. The van der Waals surface area contributed by atoms with Gasteiger partial charge in [-0.05, 0) is 30.0 Å². The normalized spacial score (nSPS) is 28.6. The molecule has 162 valence electrons. The third kappa shape index (κ3) is 2.65. The fourth-order valence-corrected chi connectivity index (χ4v) is 5.55. The van der Waals surface area contributed by atoms with Crippen LogP contribution in [0.3, 0.4) is 0 Å². The summed E-state index contributed by atoms with van der Waals surface area (Å²) in [7, 11) is 0. The summed E-state index contributed by atoms with van der Waals surface area (Å²) < 4.78 is 2.01. The van der Waals surface area contributed by atoms with Gasteiger partial charge in [-0.3, -0.25) is 0 Å². The fraction of sp³-hybridized carbons (Fsp3) is 0.280. The van der Waals surface area contributed by atoms with Crippen LogP contribution in [0.15, 0.2) is 73.2 Å². The zero-order valence-corrected chi connectivity index (χ0v) is 17.3. The van der Waals surface area contributed by atoms with E-state index < -0.39 is 17.7 Å². The monoisotopic (exact) mass is 428 g/mol. The maximum Gasteiger partial charge on any atom is 0.146 e. The number of anilines is 2. The Balaban J connectivity index is 1.57. The summed E-state index contributed by atoms with van der Waals surface area (Å²) in [5.74, 6) is 0.336. The summed E-state index contributed by atoms with van der Waals surface area (Å²) >= 11 is 0. The van der Waals surface area contributed by atoms with Gasteiger partial charge in [0.25, 0.3) is 0 Å². The number of rotatable bonds is 5. The molecule has 0 bridgehead atoms. The van der Waals surface area contributed by atoms with E-state index >= 15 is 0 Å². The highest BCUT2D eigenvalue weighted by Crippen LogP contribution is 2.65. The SMILES string of the molecule is OC[C@@H]1C(O)C(O)[C@@]2(n3cc(-c4ccccc4)c4c(Nc5ccccc5)ncnc43)C[C@@H]12. The molecule has 0 saturated heterocycles.